The van der Waals surface area contributed by atoms with Crippen LogP contribution in [0.15, 0.2) is 18.2 Å². The summed E-state index contributed by atoms with van der Waals surface area (Å²) >= 11 is 3.42. The quantitative estimate of drug-likeness (QED) is 0.719. The average molecular weight is 302 g/mol. The van der Waals surface area contributed by atoms with Crippen molar-refractivity contribution in [3.05, 3.63) is 29.6 Å². The fraction of sp³-hybridized carbons (Fsp3) is 0.571. The van der Waals surface area contributed by atoms with Gasteiger partial charge in [-0.15, -0.1) is 0 Å². The van der Waals surface area contributed by atoms with E-state index in [0.717, 1.165) is 17.7 Å². The van der Waals surface area contributed by atoms with Crippen molar-refractivity contribution in [1.29, 1.82) is 0 Å². The summed E-state index contributed by atoms with van der Waals surface area (Å²) < 4.78 is 13.2. The van der Waals surface area contributed by atoms with Crippen molar-refractivity contribution in [2.45, 2.75) is 38.6 Å². The Kier molecular flexibility index (Phi) is 5.44. The summed E-state index contributed by atoms with van der Waals surface area (Å²) in [7, 11) is 2.08. The average Bonchev–Trinajstić information content (AvgIpc) is 2.27. The van der Waals surface area contributed by atoms with Crippen molar-refractivity contribution in [2.75, 3.05) is 11.9 Å². The number of hydrogen-bond acceptors (Lipinski definition) is 1. The SMILES string of the molecule is CC(C)CC(C)N(C)c1ccc(F)cc1CBr. The van der Waals surface area contributed by atoms with Gasteiger partial charge in [0.25, 0.3) is 0 Å². The van der Waals surface area contributed by atoms with E-state index in [1.807, 2.05) is 6.07 Å². The normalized spacial score (nSPS) is 12.9. The van der Waals surface area contributed by atoms with Gasteiger partial charge in [0.15, 0.2) is 0 Å². The van der Waals surface area contributed by atoms with Crippen molar-refractivity contribution >= 4 is 21.6 Å². The summed E-state index contributed by atoms with van der Waals surface area (Å²) in [5.41, 5.74) is 2.11. The van der Waals surface area contributed by atoms with Crippen LogP contribution in [0, 0.1) is 11.7 Å². The van der Waals surface area contributed by atoms with Crippen LogP contribution in [0.5, 0.6) is 0 Å². The zero-order valence-electron chi connectivity index (χ0n) is 11.0. The van der Waals surface area contributed by atoms with Crippen LogP contribution in [0.25, 0.3) is 0 Å². The molecule has 0 amide bonds. The molecule has 0 bridgehead atoms. The number of nitrogens with zero attached hydrogens (tertiary/aromatic N) is 1. The van der Waals surface area contributed by atoms with Crippen molar-refractivity contribution in [2.24, 2.45) is 5.92 Å². The smallest absolute Gasteiger partial charge is 0.123 e. The lowest BCUT2D eigenvalue weighted by Crippen LogP contribution is -2.30. The van der Waals surface area contributed by atoms with Gasteiger partial charge in [-0.2, -0.15) is 0 Å². The molecule has 0 aliphatic carbocycles. The Morgan fingerprint density at radius 1 is 1.29 bits per heavy atom. The van der Waals surface area contributed by atoms with Crippen LogP contribution >= 0.6 is 15.9 Å². The summed E-state index contributed by atoms with van der Waals surface area (Å²) in [6, 6.07) is 5.45. The second kappa shape index (κ2) is 6.39. The lowest BCUT2D eigenvalue weighted by Gasteiger charge is -2.30. The van der Waals surface area contributed by atoms with Crippen LogP contribution in [-0.4, -0.2) is 13.1 Å². The molecule has 0 saturated heterocycles. The molecule has 96 valence electrons. The topological polar surface area (TPSA) is 3.24 Å². The minimum atomic E-state index is -0.173. The zero-order valence-corrected chi connectivity index (χ0v) is 12.6. The largest absolute Gasteiger partial charge is 0.372 e. The zero-order chi connectivity index (χ0) is 13.0. The van der Waals surface area contributed by atoms with Crippen LogP contribution in [0.3, 0.4) is 0 Å². The molecule has 1 rings (SSSR count). The Hall–Kier alpha value is -0.570. The molecule has 0 saturated carbocycles. The van der Waals surface area contributed by atoms with Gasteiger partial charge in [0.05, 0.1) is 0 Å². The van der Waals surface area contributed by atoms with E-state index in [0.29, 0.717) is 17.3 Å². The van der Waals surface area contributed by atoms with E-state index >= 15 is 0 Å². The molecule has 0 aliphatic rings. The van der Waals surface area contributed by atoms with Gasteiger partial charge in [-0.1, -0.05) is 29.8 Å². The number of alkyl halides is 1. The van der Waals surface area contributed by atoms with Gasteiger partial charge < -0.3 is 4.90 Å². The van der Waals surface area contributed by atoms with Gasteiger partial charge in [-0.05, 0) is 43.0 Å². The first-order valence-corrected chi connectivity index (χ1v) is 7.15. The molecule has 1 aromatic carbocycles. The predicted molar refractivity (Wildman–Crippen MR) is 76.4 cm³/mol. The Bertz CT molecular complexity index is 365. The van der Waals surface area contributed by atoms with E-state index in [2.05, 4.69) is 48.6 Å². The molecule has 17 heavy (non-hydrogen) atoms. The van der Waals surface area contributed by atoms with Crippen molar-refractivity contribution < 1.29 is 4.39 Å². The Morgan fingerprint density at radius 2 is 1.94 bits per heavy atom. The minimum absolute atomic E-state index is 0.173. The highest BCUT2D eigenvalue weighted by Gasteiger charge is 2.14. The van der Waals surface area contributed by atoms with E-state index in [-0.39, 0.29) is 5.82 Å². The number of rotatable bonds is 5. The van der Waals surface area contributed by atoms with Crippen molar-refractivity contribution in [3.8, 4) is 0 Å². The standard InChI is InChI=1S/C14H21BrFN/c1-10(2)7-11(3)17(4)14-6-5-13(16)8-12(14)9-15/h5-6,8,10-11H,7,9H2,1-4H3. The maximum atomic E-state index is 13.2. The second-order valence-corrected chi connectivity index (χ2v) is 5.56. The fourth-order valence-corrected chi connectivity index (χ4v) is 2.53. The van der Waals surface area contributed by atoms with E-state index in [4.69, 9.17) is 0 Å². The molecule has 3 heteroatoms. The van der Waals surface area contributed by atoms with E-state index in [9.17, 15) is 4.39 Å². The highest BCUT2D eigenvalue weighted by atomic mass is 79.9. The molecule has 1 aromatic rings. The van der Waals surface area contributed by atoms with Gasteiger partial charge in [-0.3, -0.25) is 0 Å². The second-order valence-electron chi connectivity index (χ2n) is 5.00. The maximum Gasteiger partial charge on any atom is 0.123 e. The number of benzene rings is 1. The number of anilines is 1. The van der Waals surface area contributed by atoms with E-state index in [1.165, 1.54) is 6.07 Å². The molecule has 1 nitrogen and oxygen atoms in total. The third kappa shape index (κ3) is 3.98. The van der Waals surface area contributed by atoms with Crippen LogP contribution < -0.4 is 4.90 Å². The molecule has 0 spiro atoms. The third-order valence-electron chi connectivity index (χ3n) is 3.04. The highest BCUT2D eigenvalue weighted by Crippen LogP contribution is 2.26. The van der Waals surface area contributed by atoms with Gasteiger partial charge in [0, 0.05) is 24.1 Å². The molecular weight excluding hydrogens is 281 g/mol. The maximum absolute atomic E-state index is 13.2. The predicted octanol–water partition coefficient (Wildman–Crippen LogP) is 4.59. The summed E-state index contributed by atoms with van der Waals surface area (Å²) in [5.74, 6) is 0.494. The monoisotopic (exact) mass is 301 g/mol. The first-order chi connectivity index (χ1) is 7.95. The van der Waals surface area contributed by atoms with Gasteiger partial charge in [0.1, 0.15) is 5.82 Å². The van der Waals surface area contributed by atoms with Gasteiger partial charge in [0.2, 0.25) is 0 Å². The van der Waals surface area contributed by atoms with Crippen molar-refractivity contribution in [1.82, 2.24) is 0 Å². The number of hydrogen-bond donors (Lipinski definition) is 0. The summed E-state index contributed by atoms with van der Waals surface area (Å²) in [4.78, 5) is 2.23. The minimum Gasteiger partial charge on any atom is -0.372 e. The summed E-state index contributed by atoms with van der Waals surface area (Å²) in [6.07, 6.45) is 1.13. The molecule has 0 aromatic heterocycles. The van der Waals surface area contributed by atoms with Crippen molar-refractivity contribution in [3.63, 3.8) is 0 Å². The van der Waals surface area contributed by atoms with E-state index in [1.54, 1.807) is 6.07 Å². The Morgan fingerprint density at radius 3 is 2.47 bits per heavy atom. The molecule has 1 atom stereocenters. The molecule has 1 unspecified atom stereocenters. The summed E-state index contributed by atoms with van der Waals surface area (Å²) in [5, 5.41) is 0.679. The van der Waals surface area contributed by atoms with Crippen LogP contribution in [0.1, 0.15) is 32.8 Å². The first kappa shape index (κ1) is 14.5. The molecule has 0 heterocycles. The van der Waals surface area contributed by atoms with Crippen LogP contribution in [-0.2, 0) is 5.33 Å². The molecule has 0 aliphatic heterocycles. The lowest BCUT2D eigenvalue weighted by molar-refractivity contribution is 0.503. The van der Waals surface area contributed by atoms with Gasteiger partial charge in [-0.25, -0.2) is 4.39 Å². The first-order valence-electron chi connectivity index (χ1n) is 6.03. The fourth-order valence-electron chi connectivity index (χ4n) is 2.08. The lowest BCUT2D eigenvalue weighted by atomic mass is 10.0. The highest BCUT2D eigenvalue weighted by molar-refractivity contribution is 9.08. The molecule has 0 N–H and O–H groups in total. The summed E-state index contributed by atoms with van der Waals surface area (Å²) in [6.45, 7) is 6.65. The Balaban J connectivity index is 2.91. The number of halogens is 2. The van der Waals surface area contributed by atoms with Gasteiger partial charge >= 0.3 is 0 Å². The Labute approximate surface area is 112 Å². The van der Waals surface area contributed by atoms with Crippen LogP contribution in [0.2, 0.25) is 0 Å². The molecule has 0 fully saturated rings. The molecular formula is C14H21BrFN. The van der Waals surface area contributed by atoms with E-state index < -0.39 is 0 Å². The third-order valence-corrected chi connectivity index (χ3v) is 3.64. The molecule has 0 radical (unpaired) electrons. The van der Waals surface area contributed by atoms with Crippen LogP contribution in [0.4, 0.5) is 10.1 Å².